The minimum Gasteiger partial charge on any atom is -0.490 e. The van der Waals surface area contributed by atoms with Gasteiger partial charge in [-0.1, -0.05) is 12.1 Å². The van der Waals surface area contributed by atoms with Crippen molar-refractivity contribution in [2.24, 2.45) is 0 Å². The zero-order valence-corrected chi connectivity index (χ0v) is 15.9. The molecule has 150 valence electrons. The van der Waals surface area contributed by atoms with Gasteiger partial charge in [-0.25, -0.2) is 0 Å². The lowest BCUT2D eigenvalue weighted by atomic mass is 9.98. The largest absolute Gasteiger partial charge is 0.490 e. The van der Waals surface area contributed by atoms with Crippen molar-refractivity contribution in [1.29, 1.82) is 0 Å². The molecule has 3 rings (SSSR count). The van der Waals surface area contributed by atoms with Crippen LogP contribution in [0.4, 0.5) is 8.78 Å². The first-order valence-electron chi connectivity index (χ1n) is 9.28. The zero-order chi connectivity index (χ0) is 20.1. The molecule has 0 unspecified atom stereocenters. The Labute approximate surface area is 162 Å². The van der Waals surface area contributed by atoms with Crippen molar-refractivity contribution in [3.05, 3.63) is 53.1 Å². The summed E-state index contributed by atoms with van der Waals surface area (Å²) < 4.78 is 41.1. The third kappa shape index (κ3) is 4.35. The van der Waals surface area contributed by atoms with E-state index in [2.05, 4.69) is 4.74 Å². The Morgan fingerprint density at radius 2 is 1.68 bits per heavy atom. The van der Waals surface area contributed by atoms with Crippen LogP contribution in [0.1, 0.15) is 35.3 Å². The fourth-order valence-corrected chi connectivity index (χ4v) is 3.29. The maximum Gasteiger partial charge on any atom is 0.387 e. The summed E-state index contributed by atoms with van der Waals surface area (Å²) >= 11 is 0. The Morgan fingerprint density at radius 1 is 1.04 bits per heavy atom. The fourth-order valence-electron chi connectivity index (χ4n) is 3.29. The first kappa shape index (κ1) is 19.9. The average molecular weight is 391 g/mol. The molecule has 0 saturated carbocycles. The molecule has 1 aliphatic rings. The third-order valence-corrected chi connectivity index (χ3v) is 4.50. The first-order valence-corrected chi connectivity index (χ1v) is 9.28. The van der Waals surface area contributed by atoms with Gasteiger partial charge in [-0.3, -0.25) is 4.79 Å². The molecule has 0 atom stereocenters. The van der Waals surface area contributed by atoms with Gasteiger partial charge >= 0.3 is 6.61 Å². The van der Waals surface area contributed by atoms with E-state index in [9.17, 15) is 13.6 Å². The summed E-state index contributed by atoms with van der Waals surface area (Å²) in [5.41, 5.74) is 2.18. The van der Waals surface area contributed by atoms with Crippen molar-refractivity contribution < 1.29 is 27.8 Å². The predicted octanol–water partition coefficient (Wildman–Crippen LogP) is 4.28. The highest BCUT2D eigenvalue weighted by Crippen LogP contribution is 2.34. The quantitative estimate of drug-likeness (QED) is 0.707. The molecule has 0 radical (unpaired) electrons. The second-order valence-electron chi connectivity index (χ2n) is 6.29. The fraction of sp³-hybridized carbons (Fsp3) is 0.381. The van der Waals surface area contributed by atoms with E-state index in [-0.39, 0.29) is 17.2 Å². The van der Waals surface area contributed by atoms with Crippen molar-refractivity contribution in [2.75, 3.05) is 19.8 Å². The molecule has 0 bridgehead atoms. The van der Waals surface area contributed by atoms with E-state index >= 15 is 0 Å². The second kappa shape index (κ2) is 8.91. The van der Waals surface area contributed by atoms with Gasteiger partial charge in [0, 0.05) is 13.1 Å². The van der Waals surface area contributed by atoms with Gasteiger partial charge in [-0.05, 0) is 55.7 Å². The molecule has 1 aliphatic heterocycles. The number of halogens is 2. The van der Waals surface area contributed by atoms with E-state index < -0.39 is 6.61 Å². The SMILES string of the molecule is CCOc1cc2c(cc1OCC)CN(C(=O)c1ccccc1OC(F)F)CC2. The third-order valence-electron chi connectivity index (χ3n) is 4.50. The lowest BCUT2D eigenvalue weighted by molar-refractivity contribution is -0.0503. The van der Waals surface area contributed by atoms with Crippen LogP contribution in [0.2, 0.25) is 0 Å². The highest BCUT2D eigenvalue weighted by atomic mass is 19.3. The van der Waals surface area contributed by atoms with Crippen molar-refractivity contribution in [3.63, 3.8) is 0 Å². The smallest absolute Gasteiger partial charge is 0.387 e. The number of alkyl halides is 2. The molecule has 0 spiro atoms. The van der Waals surface area contributed by atoms with E-state index in [0.717, 1.165) is 11.1 Å². The number of carbonyl (C=O) groups excluding carboxylic acids is 1. The van der Waals surface area contributed by atoms with Gasteiger partial charge in [0.15, 0.2) is 11.5 Å². The Hall–Kier alpha value is -2.83. The molecule has 7 heteroatoms. The summed E-state index contributed by atoms with van der Waals surface area (Å²) in [6, 6.07) is 9.91. The summed E-state index contributed by atoms with van der Waals surface area (Å²) in [6.45, 7) is 2.70. The van der Waals surface area contributed by atoms with E-state index in [1.165, 1.54) is 12.1 Å². The van der Waals surface area contributed by atoms with E-state index in [1.807, 2.05) is 26.0 Å². The van der Waals surface area contributed by atoms with E-state index in [1.54, 1.807) is 17.0 Å². The minimum atomic E-state index is -2.98. The molecule has 28 heavy (non-hydrogen) atoms. The van der Waals surface area contributed by atoms with E-state index in [0.29, 0.717) is 44.2 Å². The van der Waals surface area contributed by atoms with Crippen LogP contribution < -0.4 is 14.2 Å². The van der Waals surface area contributed by atoms with Gasteiger partial charge in [-0.2, -0.15) is 8.78 Å². The number of para-hydroxylation sites is 1. The average Bonchev–Trinajstić information content (AvgIpc) is 2.68. The van der Waals surface area contributed by atoms with Crippen LogP contribution in [-0.2, 0) is 13.0 Å². The van der Waals surface area contributed by atoms with Gasteiger partial charge in [-0.15, -0.1) is 0 Å². The molecule has 0 N–H and O–H groups in total. The van der Waals surface area contributed by atoms with Gasteiger partial charge < -0.3 is 19.1 Å². The monoisotopic (exact) mass is 391 g/mol. The van der Waals surface area contributed by atoms with Crippen LogP contribution in [0.25, 0.3) is 0 Å². The Bertz CT molecular complexity index is 841. The van der Waals surface area contributed by atoms with Crippen LogP contribution >= 0.6 is 0 Å². The van der Waals surface area contributed by atoms with Gasteiger partial charge in [0.1, 0.15) is 5.75 Å². The number of carbonyl (C=O) groups is 1. The molecule has 0 fully saturated rings. The van der Waals surface area contributed by atoms with Crippen molar-refractivity contribution in [3.8, 4) is 17.2 Å². The Balaban J connectivity index is 1.85. The normalized spacial score (nSPS) is 13.2. The summed E-state index contributed by atoms with van der Waals surface area (Å²) in [5.74, 6) is 0.876. The number of ether oxygens (including phenoxy) is 3. The standard InChI is InChI=1S/C21H23F2NO4/c1-3-26-18-11-14-9-10-24(13-15(14)12-19(18)27-4-2)20(25)16-7-5-6-8-17(16)28-21(22)23/h5-8,11-12,21H,3-4,9-10,13H2,1-2H3. The van der Waals surface area contributed by atoms with Gasteiger partial charge in [0.05, 0.1) is 18.8 Å². The number of rotatable bonds is 7. The molecule has 1 amide bonds. The lowest BCUT2D eigenvalue weighted by Gasteiger charge is -2.30. The molecule has 0 aromatic heterocycles. The maximum atomic E-state index is 12.9. The highest BCUT2D eigenvalue weighted by Gasteiger charge is 2.26. The van der Waals surface area contributed by atoms with Crippen LogP contribution in [0.5, 0.6) is 17.2 Å². The number of nitrogens with zero attached hydrogens (tertiary/aromatic N) is 1. The molecule has 0 saturated heterocycles. The number of fused-ring (bicyclic) bond motifs is 1. The van der Waals surface area contributed by atoms with Crippen molar-refractivity contribution >= 4 is 5.91 Å². The summed E-state index contributed by atoms with van der Waals surface area (Å²) in [6.07, 6.45) is 0.644. The number of benzene rings is 2. The highest BCUT2D eigenvalue weighted by molar-refractivity contribution is 5.97. The Kier molecular flexibility index (Phi) is 6.34. The molecule has 5 nitrogen and oxygen atoms in total. The molecule has 2 aromatic rings. The van der Waals surface area contributed by atoms with Crippen LogP contribution in [0.15, 0.2) is 36.4 Å². The van der Waals surface area contributed by atoms with Crippen molar-refractivity contribution in [2.45, 2.75) is 33.4 Å². The molecular formula is C21H23F2NO4. The molecule has 1 heterocycles. The molecular weight excluding hydrogens is 368 g/mol. The van der Waals surface area contributed by atoms with Gasteiger partial charge in [0.2, 0.25) is 0 Å². The topological polar surface area (TPSA) is 48.0 Å². The lowest BCUT2D eigenvalue weighted by Crippen LogP contribution is -2.36. The number of amides is 1. The van der Waals surface area contributed by atoms with E-state index in [4.69, 9.17) is 9.47 Å². The summed E-state index contributed by atoms with van der Waals surface area (Å²) in [7, 11) is 0. The Morgan fingerprint density at radius 3 is 2.32 bits per heavy atom. The number of hydrogen-bond acceptors (Lipinski definition) is 4. The zero-order valence-electron chi connectivity index (χ0n) is 15.9. The van der Waals surface area contributed by atoms with Crippen LogP contribution in [0.3, 0.4) is 0 Å². The van der Waals surface area contributed by atoms with Crippen molar-refractivity contribution in [1.82, 2.24) is 4.90 Å². The first-order chi connectivity index (χ1) is 13.5. The van der Waals surface area contributed by atoms with Crippen LogP contribution in [0, 0.1) is 0 Å². The van der Waals surface area contributed by atoms with Gasteiger partial charge in [0.25, 0.3) is 5.91 Å². The summed E-state index contributed by atoms with van der Waals surface area (Å²) in [5, 5.41) is 0. The molecule has 2 aromatic carbocycles. The van der Waals surface area contributed by atoms with Crippen LogP contribution in [-0.4, -0.2) is 37.2 Å². The maximum absolute atomic E-state index is 12.9. The number of hydrogen-bond donors (Lipinski definition) is 0. The minimum absolute atomic E-state index is 0.116. The molecule has 0 aliphatic carbocycles. The second-order valence-corrected chi connectivity index (χ2v) is 6.29. The summed E-state index contributed by atoms with van der Waals surface area (Å²) in [4.78, 5) is 14.6. The predicted molar refractivity (Wildman–Crippen MR) is 100 cm³/mol.